The number of benzene rings is 1. The van der Waals surface area contributed by atoms with E-state index >= 15 is 0 Å². The Labute approximate surface area is 138 Å². The second kappa shape index (κ2) is 6.87. The third-order valence-corrected chi connectivity index (χ3v) is 4.72. The Morgan fingerprint density at radius 1 is 1.35 bits per heavy atom. The van der Waals surface area contributed by atoms with Crippen molar-refractivity contribution in [2.75, 3.05) is 6.54 Å². The van der Waals surface area contributed by atoms with Crippen molar-refractivity contribution in [1.82, 2.24) is 25.3 Å². The molecule has 0 atom stereocenters. The first-order valence-corrected chi connectivity index (χ1v) is 8.49. The summed E-state index contributed by atoms with van der Waals surface area (Å²) < 4.78 is 1.62. The van der Waals surface area contributed by atoms with E-state index in [-0.39, 0.29) is 12.5 Å². The van der Waals surface area contributed by atoms with Crippen molar-refractivity contribution in [3.63, 3.8) is 0 Å². The molecule has 0 aliphatic heterocycles. The van der Waals surface area contributed by atoms with Crippen LogP contribution in [0, 0.1) is 6.92 Å². The van der Waals surface area contributed by atoms with Gasteiger partial charge in [0.05, 0.1) is 16.2 Å². The number of hydrogen-bond acceptors (Lipinski definition) is 5. The Balaban J connectivity index is 1.53. The predicted molar refractivity (Wildman–Crippen MR) is 90.5 cm³/mol. The first kappa shape index (κ1) is 15.6. The molecule has 0 radical (unpaired) electrons. The molecule has 3 aromatic rings. The van der Waals surface area contributed by atoms with Crippen molar-refractivity contribution >= 4 is 28.3 Å². The molecule has 0 unspecified atom stereocenters. The predicted octanol–water partition coefficient (Wildman–Crippen LogP) is 2.12. The quantitative estimate of drug-likeness (QED) is 0.752. The van der Waals surface area contributed by atoms with E-state index in [0.29, 0.717) is 6.54 Å². The summed E-state index contributed by atoms with van der Waals surface area (Å²) in [5.74, 6) is -0.0651. The lowest BCUT2D eigenvalue weighted by Crippen LogP contribution is -2.29. The lowest BCUT2D eigenvalue weighted by Gasteiger charge is -2.04. The monoisotopic (exact) mass is 329 g/mol. The summed E-state index contributed by atoms with van der Waals surface area (Å²) in [5, 5.41) is 12.1. The molecule has 3 rings (SSSR count). The normalized spacial score (nSPS) is 11.0. The number of thiazole rings is 1. The van der Waals surface area contributed by atoms with Gasteiger partial charge in [0.25, 0.3) is 0 Å². The summed E-state index contributed by atoms with van der Waals surface area (Å²) in [6.07, 6.45) is 1.71. The molecular weight excluding hydrogens is 310 g/mol. The van der Waals surface area contributed by atoms with Crippen LogP contribution in [-0.2, 0) is 24.2 Å². The van der Waals surface area contributed by atoms with Crippen LogP contribution in [-0.4, -0.2) is 32.4 Å². The maximum Gasteiger partial charge on any atom is 0.241 e. The molecule has 0 spiro atoms. The summed E-state index contributed by atoms with van der Waals surface area (Å²) in [6, 6.07) is 7.61. The highest BCUT2D eigenvalue weighted by Gasteiger charge is 2.09. The zero-order valence-electron chi connectivity index (χ0n) is 13.2. The number of aromatic nitrogens is 4. The van der Waals surface area contributed by atoms with Gasteiger partial charge in [-0.15, -0.1) is 16.4 Å². The van der Waals surface area contributed by atoms with Crippen LogP contribution < -0.4 is 5.32 Å². The van der Waals surface area contributed by atoms with Crippen LogP contribution in [0.5, 0.6) is 0 Å². The average molecular weight is 329 g/mol. The Morgan fingerprint density at radius 2 is 2.17 bits per heavy atom. The van der Waals surface area contributed by atoms with Crippen molar-refractivity contribution in [1.29, 1.82) is 0 Å². The molecule has 1 amide bonds. The third kappa shape index (κ3) is 3.56. The van der Waals surface area contributed by atoms with Crippen LogP contribution in [0.15, 0.2) is 24.3 Å². The molecule has 120 valence electrons. The third-order valence-electron chi connectivity index (χ3n) is 3.65. The molecule has 0 saturated carbocycles. The minimum Gasteiger partial charge on any atom is -0.354 e. The van der Waals surface area contributed by atoms with E-state index in [1.54, 1.807) is 16.0 Å². The summed E-state index contributed by atoms with van der Waals surface area (Å²) in [6.45, 7) is 4.96. The van der Waals surface area contributed by atoms with E-state index in [1.165, 1.54) is 4.88 Å². The first-order chi connectivity index (χ1) is 11.2. The van der Waals surface area contributed by atoms with E-state index in [2.05, 4.69) is 34.5 Å². The second-order valence-corrected chi connectivity index (χ2v) is 6.59. The largest absolute Gasteiger partial charge is 0.354 e. The molecule has 0 aliphatic rings. The number of carbonyl (C=O) groups excluding carboxylic acids is 1. The van der Waals surface area contributed by atoms with Gasteiger partial charge in [-0.25, -0.2) is 9.67 Å². The van der Waals surface area contributed by atoms with Crippen molar-refractivity contribution in [3.05, 3.63) is 39.8 Å². The molecule has 0 fully saturated rings. The molecule has 7 heteroatoms. The van der Waals surface area contributed by atoms with Gasteiger partial charge in [0.15, 0.2) is 0 Å². The number of aryl methyl sites for hydroxylation is 2. The van der Waals surface area contributed by atoms with Crippen molar-refractivity contribution in [2.45, 2.75) is 33.2 Å². The molecule has 2 heterocycles. The van der Waals surface area contributed by atoms with Gasteiger partial charge in [-0.1, -0.05) is 24.3 Å². The molecule has 1 aromatic carbocycles. The van der Waals surface area contributed by atoms with Crippen LogP contribution >= 0.6 is 11.3 Å². The van der Waals surface area contributed by atoms with Crippen LogP contribution in [0.3, 0.4) is 0 Å². The van der Waals surface area contributed by atoms with Crippen molar-refractivity contribution in [2.24, 2.45) is 0 Å². The fourth-order valence-electron chi connectivity index (χ4n) is 2.46. The van der Waals surface area contributed by atoms with Gasteiger partial charge >= 0.3 is 0 Å². The zero-order chi connectivity index (χ0) is 16.2. The SMILES string of the molecule is CCc1nc(CCNC(=O)Cn2nnc3ccccc32)sc1C. The highest BCUT2D eigenvalue weighted by atomic mass is 32.1. The lowest BCUT2D eigenvalue weighted by molar-refractivity contribution is -0.121. The van der Waals surface area contributed by atoms with E-state index < -0.39 is 0 Å². The van der Waals surface area contributed by atoms with E-state index in [4.69, 9.17) is 0 Å². The number of carbonyl (C=O) groups is 1. The Kier molecular flexibility index (Phi) is 4.66. The molecule has 1 N–H and O–H groups in total. The maximum absolute atomic E-state index is 12.1. The topological polar surface area (TPSA) is 72.7 Å². The standard InChI is InChI=1S/C16H19N5OS/c1-3-12-11(2)23-16(18-12)8-9-17-15(22)10-21-14-7-5-4-6-13(14)19-20-21/h4-7H,3,8-10H2,1-2H3,(H,17,22). The van der Waals surface area contributed by atoms with Gasteiger partial charge < -0.3 is 5.32 Å². The number of para-hydroxylation sites is 1. The van der Waals surface area contributed by atoms with Gasteiger partial charge in [-0.2, -0.15) is 0 Å². The minimum absolute atomic E-state index is 0.0651. The molecule has 6 nitrogen and oxygen atoms in total. The zero-order valence-corrected chi connectivity index (χ0v) is 14.1. The number of rotatable bonds is 6. The lowest BCUT2D eigenvalue weighted by atomic mass is 10.3. The van der Waals surface area contributed by atoms with Gasteiger partial charge in [0.2, 0.25) is 5.91 Å². The molecule has 23 heavy (non-hydrogen) atoms. The van der Waals surface area contributed by atoms with E-state index in [0.717, 1.165) is 34.6 Å². The summed E-state index contributed by atoms with van der Waals surface area (Å²) in [5.41, 5.74) is 2.82. The van der Waals surface area contributed by atoms with Crippen molar-refractivity contribution < 1.29 is 4.79 Å². The average Bonchev–Trinajstić information content (AvgIpc) is 3.11. The molecule has 0 aliphatic carbocycles. The van der Waals surface area contributed by atoms with Gasteiger partial charge in [0.1, 0.15) is 12.1 Å². The van der Waals surface area contributed by atoms with Crippen molar-refractivity contribution in [3.8, 4) is 0 Å². The van der Waals surface area contributed by atoms with Gasteiger partial charge in [-0.05, 0) is 25.5 Å². The first-order valence-electron chi connectivity index (χ1n) is 7.67. The Bertz CT molecular complexity index is 823. The number of nitrogens with one attached hydrogen (secondary N) is 1. The number of hydrogen-bond donors (Lipinski definition) is 1. The maximum atomic E-state index is 12.1. The number of nitrogens with zero attached hydrogens (tertiary/aromatic N) is 4. The van der Waals surface area contributed by atoms with E-state index in [9.17, 15) is 4.79 Å². The summed E-state index contributed by atoms with van der Waals surface area (Å²) in [7, 11) is 0. The second-order valence-electron chi connectivity index (χ2n) is 5.30. The smallest absolute Gasteiger partial charge is 0.241 e. The Hall–Kier alpha value is -2.28. The molecule has 0 bridgehead atoms. The Morgan fingerprint density at radius 3 is 2.96 bits per heavy atom. The number of fused-ring (bicyclic) bond motifs is 1. The minimum atomic E-state index is -0.0651. The fraction of sp³-hybridized carbons (Fsp3) is 0.375. The molecule has 0 saturated heterocycles. The van der Waals surface area contributed by atoms with Gasteiger partial charge in [0, 0.05) is 17.8 Å². The van der Waals surface area contributed by atoms with Gasteiger partial charge in [-0.3, -0.25) is 4.79 Å². The molecular formula is C16H19N5OS. The van der Waals surface area contributed by atoms with Crippen LogP contribution in [0.1, 0.15) is 22.5 Å². The molecule has 2 aromatic heterocycles. The number of amides is 1. The summed E-state index contributed by atoms with van der Waals surface area (Å²) in [4.78, 5) is 17.9. The van der Waals surface area contributed by atoms with Crippen LogP contribution in [0.2, 0.25) is 0 Å². The van der Waals surface area contributed by atoms with Crippen LogP contribution in [0.4, 0.5) is 0 Å². The highest BCUT2D eigenvalue weighted by molar-refractivity contribution is 7.11. The van der Waals surface area contributed by atoms with E-state index in [1.807, 2.05) is 24.3 Å². The fourth-order valence-corrected chi connectivity index (χ4v) is 3.48. The van der Waals surface area contributed by atoms with Crippen LogP contribution in [0.25, 0.3) is 11.0 Å². The summed E-state index contributed by atoms with van der Waals surface area (Å²) >= 11 is 1.71. The highest BCUT2D eigenvalue weighted by Crippen LogP contribution is 2.18.